The van der Waals surface area contributed by atoms with Crippen LogP contribution in [0.3, 0.4) is 0 Å². The fourth-order valence-corrected chi connectivity index (χ4v) is 5.75. The number of piperidine rings is 1. The fourth-order valence-electron chi connectivity index (χ4n) is 5.75. The van der Waals surface area contributed by atoms with E-state index in [0.717, 1.165) is 30.0 Å². The van der Waals surface area contributed by atoms with Gasteiger partial charge in [0.1, 0.15) is 5.56 Å². The molecule has 0 bridgehead atoms. The van der Waals surface area contributed by atoms with E-state index in [0.29, 0.717) is 52.1 Å². The molecule has 2 fully saturated rings. The first-order chi connectivity index (χ1) is 20.0. The van der Waals surface area contributed by atoms with Crippen LogP contribution in [0.5, 0.6) is 0 Å². The Hall–Kier alpha value is -3.55. The summed E-state index contributed by atoms with van der Waals surface area (Å²) < 4.78 is 78.7. The van der Waals surface area contributed by atoms with Gasteiger partial charge >= 0.3 is 12.4 Å². The number of anilines is 2. The van der Waals surface area contributed by atoms with Crippen molar-refractivity contribution in [3.05, 3.63) is 63.7 Å². The summed E-state index contributed by atoms with van der Waals surface area (Å²) in [6.07, 6.45) is -8.25. The molecule has 0 saturated carbocycles. The molecule has 244 valence electrons. The van der Waals surface area contributed by atoms with E-state index in [-0.39, 0.29) is 31.1 Å². The maximum atomic E-state index is 13.6. The summed E-state index contributed by atoms with van der Waals surface area (Å²) in [5, 5.41) is 14.1. The molecule has 2 aromatic rings. The van der Waals surface area contributed by atoms with Gasteiger partial charge in [0.25, 0.3) is 5.69 Å². The van der Waals surface area contributed by atoms with Gasteiger partial charge in [-0.15, -0.1) is 0 Å². The van der Waals surface area contributed by atoms with Gasteiger partial charge in [-0.1, -0.05) is 7.43 Å². The third kappa shape index (κ3) is 7.74. The molecular weight excluding hydrogens is 592 g/mol. The maximum absolute atomic E-state index is 13.6. The zero-order valence-corrected chi connectivity index (χ0v) is 24.1. The molecule has 1 atom stereocenters. The van der Waals surface area contributed by atoms with Crippen molar-refractivity contribution in [1.82, 2.24) is 9.80 Å². The molecule has 0 spiro atoms. The van der Waals surface area contributed by atoms with E-state index in [1.54, 1.807) is 4.90 Å². The predicted octanol–water partition coefficient (Wildman–Crippen LogP) is 6.91. The van der Waals surface area contributed by atoms with E-state index in [4.69, 9.17) is 0 Å². The van der Waals surface area contributed by atoms with Crippen molar-refractivity contribution in [2.75, 3.05) is 49.5 Å². The average Bonchev–Trinajstić information content (AvgIpc) is 2.96. The number of benzene rings is 2. The first-order valence-corrected chi connectivity index (χ1v) is 14.1. The second-order valence-electron chi connectivity index (χ2n) is 11.7. The Bertz CT molecular complexity index is 1300. The second-order valence-corrected chi connectivity index (χ2v) is 11.7. The van der Waals surface area contributed by atoms with Gasteiger partial charge in [-0.3, -0.25) is 19.8 Å². The molecule has 1 unspecified atom stereocenters. The molecule has 0 radical (unpaired) electrons. The minimum absolute atomic E-state index is 0. The lowest BCUT2D eigenvalue weighted by atomic mass is 9.82. The minimum Gasteiger partial charge on any atom is -0.382 e. The van der Waals surface area contributed by atoms with Crippen LogP contribution in [0.15, 0.2) is 42.5 Å². The van der Waals surface area contributed by atoms with Crippen molar-refractivity contribution < 1.29 is 36.1 Å². The zero-order chi connectivity index (χ0) is 31.7. The number of carbonyl (C=O) groups is 1. The fraction of sp³-hybridized carbons (Fsp3) is 0.567. The Labute approximate surface area is 253 Å². The van der Waals surface area contributed by atoms with Gasteiger partial charge < -0.3 is 15.1 Å². The summed E-state index contributed by atoms with van der Waals surface area (Å²) in [5.41, 5.74) is -2.90. The van der Waals surface area contributed by atoms with Crippen LogP contribution in [0.2, 0.25) is 0 Å². The number of rotatable bonds is 7. The number of nitrogens with one attached hydrogen (secondary N) is 1. The van der Waals surface area contributed by atoms with Crippen LogP contribution in [0, 0.1) is 15.5 Å². The number of carbonyl (C=O) groups excluding carboxylic acids is 1. The number of hydrogen-bond acceptors (Lipinski definition) is 6. The summed E-state index contributed by atoms with van der Waals surface area (Å²) in [7, 11) is 0. The van der Waals surface area contributed by atoms with Gasteiger partial charge in [0, 0.05) is 68.8 Å². The number of likely N-dealkylation sites (tertiary alicyclic amines) is 1. The standard InChI is InChI=1S/C29H35F6N5O3.CH4/c1-19(37-14-16-38(17-15-37)23-7-4-20(5-8-23)28(30,31)32)27(2,3)26(41)39-12-10-21(11-13-39)36-22-6-9-25(40(42)43)24(18-22)29(33,34)35;/h4-9,18-19,21,36H,10-17H2,1-3H3;1H4. The molecule has 1 N–H and O–H groups in total. The van der Waals surface area contributed by atoms with Gasteiger partial charge in [-0.25, -0.2) is 0 Å². The molecule has 14 heteroatoms. The summed E-state index contributed by atoms with van der Waals surface area (Å²) in [4.78, 5) is 29.6. The van der Waals surface area contributed by atoms with Gasteiger partial charge in [0.05, 0.1) is 15.9 Å². The van der Waals surface area contributed by atoms with Crippen LogP contribution in [0.25, 0.3) is 0 Å². The first-order valence-electron chi connectivity index (χ1n) is 14.1. The smallest absolute Gasteiger partial charge is 0.382 e. The molecular formula is C30H39F6N5O3. The molecule has 2 aromatic carbocycles. The molecule has 4 rings (SSSR count). The van der Waals surface area contributed by atoms with Crippen molar-refractivity contribution >= 4 is 23.0 Å². The highest BCUT2D eigenvalue weighted by Crippen LogP contribution is 2.38. The highest BCUT2D eigenvalue weighted by molar-refractivity contribution is 5.83. The predicted molar refractivity (Wildman–Crippen MR) is 157 cm³/mol. The van der Waals surface area contributed by atoms with Crippen LogP contribution in [0.4, 0.5) is 43.4 Å². The summed E-state index contributed by atoms with van der Waals surface area (Å²) in [6, 6.07) is 7.64. The van der Waals surface area contributed by atoms with E-state index in [1.165, 1.54) is 18.2 Å². The highest BCUT2D eigenvalue weighted by atomic mass is 19.4. The van der Waals surface area contributed by atoms with Gasteiger partial charge in [-0.05, 0) is 70.0 Å². The number of nitro groups is 1. The maximum Gasteiger partial charge on any atom is 0.423 e. The summed E-state index contributed by atoms with van der Waals surface area (Å²) in [6.45, 7) is 9.09. The third-order valence-corrected chi connectivity index (χ3v) is 8.67. The van der Waals surface area contributed by atoms with Crippen LogP contribution < -0.4 is 10.2 Å². The van der Waals surface area contributed by atoms with Crippen molar-refractivity contribution in [3.8, 4) is 0 Å². The topological polar surface area (TPSA) is 82.0 Å². The van der Waals surface area contributed by atoms with E-state index < -0.39 is 39.5 Å². The third-order valence-electron chi connectivity index (χ3n) is 8.67. The zero-order valence-electron chi connectivity index (χ0n) is 24.1. The lowest BCUT2D eigenvalue weighted by Gasteiger charge is -2.46. The van der Waals surface area contributed by atoms with E-state index in [2.05, 4.69) is 10.2 Å². The van der Waals surface area contributed by atoms with Crippen molar-refractivity contribution in [1.29, 1.82) is 0 Å². The highest BCUT2D eigenvalue weighted by Gasteiger charge is 2.42. The Balaban J connectivity index is 0.00000529. The molecule has 2 aliphatic heterocycles. The number of nitrogens with zero attached hydrogens (tertiary/aromatic N) is 4. The first kappa shape index (κ1) is 34.9. The Morgan fingerprint density at radius 2 is 1.48 bits per heavy atom. The number of nitro benzene ring substituents is 1. The van der Waals surface area contributed by atoms with Crippen LogP contribution in [0.1, 0.15) is 52.2 Å². The number of alkyl halides is 6. The molecule has 44 heavy (non-hydrogen) atoms. The molecule has 2 heterocycles. The average molecular weight is 632 g/mol. The second kappa shape index (κ2) is 13.2. The number of piperazine rings is 1. The van der Waals surface area contributed by atoms with Crippen LogP contribution in [-0.4, -0.2) is 72.0 Å². The Morgan fingerprint density at radius 3 is 1.98 bits per heavy atom. The van der Waals surface area contributed by atoms with Crippen LogP contribution >= 0.6 is 0 Å². The Kier molecular flexibility index (Phi) is 10.5. The van der Waals surface area contributed by atoms with Crippen molar-refractivity contribution in [3.63, 3.8) is 0 Å². The molecule has 1 amide bonds. The molecule has 8 nitrogen and oxygen atoms in total. The molecule has 0 aliphatic carbocycles. The summed E-state index contributed by atoms with van der Waals surface area (Å²) in [5.74, 6) is -0.0293. The lowest BCUT2D eigenvalue weighted by Crippen LogP contribution is -2.58. The Morgan fingerprint density at radius 1 is 0.909 bits per heavy atom. The quantitative estimate of drug-likeness (QED) is 0.203. The van der Waals surface area contributed by atoms with Gasteiger partial charge in [-0.2, -0.15) is 26.3 Å². The monoisotopic (exact) mass is 631 g/mol. The molecule has 0 aromatic heterocycles. The normalized spacial score (nSPS) is 18.0. The summed E-state index contributed by atoms with van der Waals surface area (Å²) >= 11 is 0. The molecule has 2 saturated heterocycles. The number of halogens is 6. The minimum atomic E-state index is -4.87. The SMILES string of the molecule is C.CC(N1CCN(c2ccc(C(F)(F)F)cc2)CC1)C(C)(C)C(=O)N1CCC(Nc2ccc([N+](=O)[O-])c(C(F)(F)F)c2)CC1. The molecule has 2 aliphatic rings. The van der Waals surface area contributed by atoms with E-state index in [1.807, 2.05) is 25.7 Å². The van der Waals surface area contributed by atoms with E-state index >= 15 is 0 Å². The van der Waals surface area contributed by atoms with Crippen molar-refractivity contribution in [2.24, 2.45) is 5.41 Å². The van der Waals surface area contributed by atoms with Gasteiger partial charge in [0.15, 0.2) is 0 Å². The van der Waals surface area contributed by atoms with Crippen molar-refractivity contribution in [2.45, 2.75) is 65.5 Å². The van der Waals surface area contributed by atoms with Crippen LogP contribution in [-0.2, 0) is 17.1 Å². The largest absolute Gasteiger partial charge is 0.423 e. The number of hydrogen-bond donors (Lipinski definition) is 1. The van der Waals surface area contributed by atoms with E-state index in [9.17, 15) is 41.3 Å². The number of amides is 1. The lowest BCUT2D eigenvalue weighted by molar-refractivity contribution is -0.388. The van der Waals surface area contributed by atoms with Gasteiger partial charge in [0.2, 0.25) is 5.91 Å².